The van der Waals surface area contributed by atoms with Crippen molar-refractivity contribution in [1.29, 1.82) is 0 Å². The lowest BCUT2D eigenvalue weighted by Crippen LogP contribution is -2.52. The number of imidazole rings is 1. The molecule has 0 aromatic carbocycles. The first-order valence-electron chi connectivity index (χ1n) is 7.96. The molecule has 2 heterocycles. The van der Waals surface area contributed by atoms with Crippen LogP contribution in [0.2, 0.25) is 0 Å². The fourth-order valence-electron chi connectivity index (χ4n) is 3.39. The molecule has 2 atom stereocenters. The maximum absolute atomic E-state index is 12.7. The molecule has 1 saturated heterocycles. The predicted octanol–water partition coefficient (Wildman–Crippen LogP) is 1.97. The molecule has 5 nitrogen and oxygen atoms in total. The Balaban J connectivity index is 1.70. The van der Waals surface area contributed by atoms with Gasteiger partial charge in [-0.15, -0.1) is 0 Å². The largest absolute Gasteiger partial charge is 0.347 e. The number of piperazine rings is 1. The van der Waals surface area contributed by atoms with Gasteiger partial charge in [-0.05, 0) is 25.8 Å². The first kappa shape index (κ1) is 14.3. The van der Waals surface area contributed by atoms with E-state index in [2.05, 4.69) is 33.9 Å². The topological polar surface area (TPSA) is 52.2 Å². The van der Waals surface area contributed by atoms with Crippen molar-refractivity contribution in [3.8, 4) is 0 Å². The van der Waals surface area contributed by atoms with Crippen LogP contribution in [0.15, 0.2) is 24.5 Å². The minimum absolute atomic E-state index is 0.181. The Bertz CT molecular complexity index is 496. The zero-order valence-electron chi connectivity index (χ0n) is 12.7. The maximum Gasteiger partial charge on any atom is 0.226 e. The average Bonchev–Trinajstić information content (AvgIpc) is 3.08. The minimum Gasteiger partial charge on any atom is -0.347 e. The van der Waals surface area contributed by atoms with Crippen LogP contribution in [0.1, 0.15) is 38.1 Å². The van der Waals surface area contributed by atoms with Crippen molar-refractivity contribution in [2.75, 3.05) is 26.2 Å². The zero-order valence-corrected chi connectivity index (χ0v) is 12.7. The third-order valence-electron chi connectivity index (χ3n) is 4.66. The second kappa shape index (κ2) is 6.43. The van der Waals surface area contributed by atoms with Crippen molar-refractivity contribution in [3.05, 3.63) is 30.4 Å². The van der Waals surface area contributed by atoms with Crippen LogP contribution in [0, 0.1) is 5.92 Å². The molecule has 1 fully saturated rings. The number of H-pyrrole nitrogens is 1. The van der Waals surface area contributed by atoms with E-state index in [0.29, 0.717) is 5.91 Å². The number of nitrogens with one attached hydrogen (secondary N) is 1. The summed E-state index contributed by atoms with van der Waals surface area (Å²) >= 11 is 0. The number of aromatic nitrogens is 2. The van der Waals surface area contributed by atoms with E-state index in [1.54, 1.807) is 6.20 Å². The van der Waals surface area contributed by atoms with Gasteiger partial charge in [0.1, 0.15) is 5.82 Å². The van der Waals surface area contributed by atoms with E-state index >= 15 is 0 Å². The molecule has 1 aliphatic heterocycles. The molecule has 5 heteroatoms. The quantitative estimate of drug-likeness (QED) is 0.865. The van der Waals surface area contributed by atoms with Crippen molar-refractivity contribution in [3.63, 3.8) is 0 Å². The fraction of sp³-hybridized carbons (Fsp3) is 0.625. The third kappa shape index (κ3) is 3.02. The molecular weight excluding hydrogens is 264 g/mol. The summed E-state index contributed by atoms with van der Waals surface area (Å²) in [5, 5.41) is 0. The highest BCUT2D eigenvalue weighted by Gasteiger charge is 2.33. The van der Waals surface area contributed by atoms with E-state index in [4.69, 9.17) is 0 Å². The number of likely N-dealkylation sites (N-methyl/N-ethyl adjacent to an activating group) is 1. The molecule has 21 heavy (non-hydrogen) atoms. The van der Waals surface area contributed by atoms with Crippen molar-refractivity contribution in [2.45, 2.75) is 32.2 Å². The van der Waals surface area contributed by atoms with Crippen LogP contribution in [0.4, 0.5) is 0 Å². The summed E-state index contributed by atoms with van der Waals surface area (Å²) in [6, 6.07) is 0.196. The van der Waals surface area contributed by atoms with Gasteiger partial charge in [-0.25, -0.2) is 4.98 Å². The summed E-state index contributed by atoms with van der Waals surface area (Å²) in [5.41, 5.74) is 0. The van der Waals surface area contributed by atoms with Crippen LogP contribution >= 0.6 is 0 Å². The lowest BCUT2D eigenvalue weighted by Gasteiger charge is -2.41. The molecule has 1 aliphatic carbocycles. The van der Waals surface area contributed by atoms with E-state index in [0.717, 1.165) is 51.3 Å². The highest BCUT2D eigenvalue weighted by Crippen LogP contribution is 2.26. The normalized spacial score (nSPS) is 27.0. The number of carbonyl (C=O) groups is 1. The summed E-state index contributed by atoms with van der Waals surface area (Å²) in [6.45, 7) is 5.67. The highest BCUT2D eigenvalue weighted by molar-refractivity contribution is 5.79. The van der Waals surface area contributed by atoms with Crippen molar-refractivity contribution >= 4 is 5.91 Å². The minimum atomic E-state index is 0.181. The molecule has 1 N–H and O–H groups in total. The van der Waals surface area contributed by atoms with Crippen LogP contribution in [0.5, 0.6) is 0 Å². The van der Waals surface area contributed by atoms with Crippen LogP contribution in [0.3, 0.4) is 0 Å². The second-order valence-corrected chi connectivity index (χ2v) is 5.88. The van der Waals surface area contributed by atoms with Crippen LogP contribution < -0.4 is 0 Å². The Hall–Kier alpha value is -1.62. The lowest BCUT2D eigenvalue weighted by atomic mass is 9.92. The van der Waals surface area contributed by atoms with Gasteiger partial charge in [-0.2, -0.15) is 0 Å². The average molecular weight is 288 g/mol. The number of carbonyl (C=O) groups excluding carboxylic acids is 1. The van der Waals surface area contributed by atoms with Crippen molar-refractivity contribution in [2.24, 2.45) is 5.92 Å². The molecule has 0 saturated carbocycles. The third-order valence-corrected chi connectivity index (χ3v) is 4.66. The fourth-order valence-corrected chi connectivity index (χ4v) is 3.39. The number of rotatable bonds is 3. The molecule has 2 aliphatic rings. The Labute approximate surface area is 126 Å². The van der Waals surface area contributed by atoms with E-state index < -0.39 is 0 Å². The molecule has 0 spiro atoms. The van der Waals surface area contributed by atoms with Gasteiger partial charge in [0, 0.05) is 37.9 Å². The van der Waals surface area contributed by atoms with Gasteiger partial charge in [0.15, 0.2) is 0 Å². The van der Waals surface area contributed by atoms with Gasteiger partial charge >= 0.3 is 0 Å². The Kier molecular flexibility index (Phi) is 4.39. The van der Waals surface area contributed by atoms with Gasteiger partial charge in [0.2, 0.25) is 5.91 Å². The number of amides is 1. The molecule has 1 amide bonds. The van der Waals surface area contributed by atoms with E-state index in [1.807, 2.05) is 11.1 Å². The molecule has 114 valence electrons. The SMILES string of the molecule is CCN1CCN(C(=O)[C@H]2CC=CCC2)C[C@@H]1c1ncc[nH]1. The summed E-state index contributed by atoms with van der Waals surface area (Å²) in [4.78, 5) is 24.7. The van der Waals surface area contributed by atoms with E-state index in [1.165, 1.54) is 0 Å². The van der Waals surface area contributed by atoms with Gasteiger partial charge < -0.3 is 9.88 Å². The number of aromatic amines is 1. The van der Waals surface area contributed by atoms with Crippen LogP contribution in [-0.4, -0.2) is 51.9 Å². The summed E-state index contributed by atoms with van der Waals surface area (Å²) < 4.78 is 0. The van der Waals surface area contributed by atoms with Crippen molar-refractivity contribution in [1.82, 2.24) is 19.8 Å². The van der Waals surface area contributed by atoms with Gasteiger partial charge in [0.25, 0.3) is 0 Å². The summed E-state index contributed by atoms with van der Waals surface area (Å²) in [6.07, 6.45) is 10.9. The molecule has 1 aromatic heterocycles. The number of allylic oxidation sites excluding steroid dienone is 2. The van der Waals surface area contributed by atoms with Crippen LogP contribution in [0.25, 0.3) is 0 Å². The summed E-state index contributed by atoms with van der Waals surface area (Å²) in [7, 11) is 0. The monoisotopic (exact) mass is 288 g/mol. The van der Waals surface area contributed by atoms with Gasteiger partial charge in [-0.3, -0.25) is 9.69 Å². The van der Waals surface area contributed by atoms with Crippen molar-refractivity contribution < 1.29 is 4.79 Å². The number of hydrogen-bond acceptors (Lipinski definition) is 3. The van der Waals surface area contributed by atoms with E-state index in [-0.39, 0.29) is 12.0 Å². The maximum atomic E-state index is 12.7. The Morgan fingerprint density at radius 3 is 3.00 bits per heavy atom. The second-order valence-electron chi connectivity index (χ2n) is 5.88. The van der Waals surface area contributed by atoms with Gasteiger partial charge in [0.05, 0.1) is 6.04 Å². The Morgan fingerprint density at radius 1 is 1.43 bits per heavy atom. The standard InChI is InChI=1S/C16H24N4O/c1-2-19-10-11-20(12-14(19)15-17-8-9-18-15)16(21)13-6-4-3-5-7-13/h3-4,8-9,13-14H,2,5-7,10-12H2,1H3,(H,17,18)/t13-,14+/m0/s1. The van der Waals surface area contributed by atoms with Gasteiger partial charge in [-0.1, -0.05) is 19.1 Å². The van der Waals surface area contributed by atoms with Crippen LogP contribution in [-0.2, 0) is 4.79 Å². The lowest BCUT2D eigenvalue weighted by molar-refractivity contribution is -0.139. The first-order valence-corrected chi connectivity index (χ1v) is 7.96. The highest BCUT2D eigenvalue weighted by atomic mass is 16.2. The molecular formula is C16H24N4O. The molecule has 1 aromatic rings. The molecule has 0 radical (unpaired) electrons. The number of hydrogen-bond donors (Lipinski definition) is 1. The van der Waals surface area contributed by atoms with E-state index in [9.17, 15) is 4.79 Å². The zero-order chi connectivity index (χ0) is 14.7. The number of nitrogens with zero attached hydrogens (tertiary/aromatic N) is 3. The summed E-state index contributed by atoms with van der Waals surface area (Å²) in [5.74, 6) is 1.48. The molecule has 3 rings (SSSR count). The molecule has 0 unspecified atom stereocenters. The smallest absolute Gasteiger partial charge is 0.226 e. The predicted molar refractivity (Wildman–Crippen MR) is 81.6 cm³/mol. The Morgan fingerprint density at radius 2 is 2.33 bits per heavy atom. The molecule has 0 bridgehead atoms. The first-order chi connectivity index (χ1) is 10.3.